The number of hydrogen-bond acceptors (Lipinski definition) is 3. The van der Waals surface area contributed by atoms with Crippen molar-refractivity contribution >= 4 is 11.7 Å². The fraction of sp³-hybridized carbons (Fsp3) is 0.333. The number of carboxylic acids is 1. The summed E-state index contributed by atoms with van der Waals surface area (Å²) in [6.45, 7) is 0.833. The van der Waals surface area contributed by atoms with E-state index in [0.29, 0.717) is 0 Å². The zero-order valence-electron chi connectivity index (χ0n) is 11.3. The van der Waals surface area contributed by atoms with Crippen molar-refractivity contribution in [3.8, 4) is 5.69 Å². The number of nitrogens with one attached hydrogen (secondary N) is 1. The lowest BCUT2D eigenvalue weighted by Crippen LogP contribution is -2.01. The molecule has 1 heterocycles. The Hall–Kier alpha value is -2.30. The van der Waals surface area contributed by atoms with Gasteiger partial charge in [-0.25, -0.2) is 4.68 Å². The largest absolute Gasteiger partial charge is 0.481 e. The van der Waals surface area contributed by atoms with Gasteiger partial charge in [-0.3, -0.25) is 4.79 Å². The number of para-hydroxylation sites is 1. The molecule has 0 saturated heterocycles. The fourth-order valence-electron chi connectivity index (χ4n) is 1.95. The standard InChI is InChI=1S/C15H19N3O2/c19-15(20)9-5-2-6-10-16-13-11-17-18(12-13)14-7-3-1-4-8-14/h1,3-4,7-8,11-12,16H,2,5-6,9-10H2,(H,19,20). The van der Waals surface area contributed by atoms with Gasteiger partial charge in [0.15, 0.2) is 0 Å². The van der Waals surface area contributed by atoms with Gasteiger partial charge in [-0.05, 0) is 25.0 Å². The van der Waals surface area contributed by atoms with Crippen LogP contribution in [0.2, 0.25) is 0 Å². The summed E-state index contributed by atoms with van der Waals surface area (Å²) < 4.78 is 1.83. The molecule has 5 heteroatoms. The number of unbranched alkanes of at least 4 members (excludes halogenated alkanes) is 2. The molecular formula is C15H19N3O2. The van der Waals surface area contributed by atoms with Crippen LogP contribution in [0.25, 0.3) is 5.69 Å². The van der Waals surface area contributed by atoms with Crippen LogP contribution < -0.4 is 5.32 Å². The lowest BCUT2D eigenvalue weighted by molar-refractivity contribution is -0.137. The molecule has 0 aliphatic rings. The highest BCUT2D eigenvalue weighted by molar-refractivity contribution is 5.66. The van der Waals surface area contributed by atoms with E-state index in [1.54, 1.807) is 6.20 Å². The molecule has 0 saturated carbocycles. The number of anilines is 1. The SMILES string of the molecule is O=C(O)CCCCCNc1cnn(-c2ccccc2)c1. The monoisotopic (exact) mass is 273 g/mol. The first kappa shape index (κ1) is 14.1. The molecule has 0 fully saturated rings. The highest BCUT2D eigenvalue weighted by atomic mass is 16.4. The van der Waals surface area contributed by atoms with Gasteiger partial charge in [-0.1, -0.05) is 24.6 Å². The van der Waals surface area contributed by atoms with Crippen molar-refractivity contribution in [3.63, 3.8) is 0 Å². The maximum absolute atomic E-state index is 10.4. The summed E-state index contributed by atoms with van der Waals surface area (Å²) >= 11 is 0. The molecule has 2 rings (SSSR count). The second kappa shape index (κ2) is 7.33. The third-order valence-corrected chi connectivity index (χ3v) is 3.00. The second-order valence-corrected chi connectivity index (χ2v) is 4.64. The summed E-state index contributed by atoms with van der Waals surface area (Å²) in [4.78, 5) is 10.4. The van der Waals surface area contributed by atoms with Gasteiger partial charge in [0.2, 0.25) is 0 Å². The van der Waals surface area contributed by atoms with Crippen LogP contribution in [0, 0.1) is 0 Å². The Morgan fingerprint density at radius 3 is 2.75 bits per heavy atom. The fourth-order valence-corrected chi connectivity index (χ4v) is 1.95. The minimum Gasteiger partial charge on any atom is -0.481 e. The Balaban J connectivity index is 1.72. The Morgan fingerprint density at radius 1 is 1.20 bits per heavy atom. The first-order chi connectivity index (χ1) is 9.75. The molecule has 5 nitrogen and oxygen atoms in total. The topological polar surface area (TPSA) is 67.2 Å². The Morgan fingerprint density at radius 2 is 2.00 bits per heavy atom. The van der Waals surface area contributed by atoms with Crippen molar-refractivity contribution in [1.82, 2.24) is 9.78 Å². The van der Waals surface area contributed by atoms with Crippen molar-refractivity contribution in [2.24, 2.45) is 0 Å². The summed E-state index contributed by atoms with van der Waals surface area (Å²) in [5.41, 5.74) is 2.01. The summed E-state index contributed by atoms with van der Waals surface area (Å²) in [6.07, 6.45) is 6.62. The number of aromatic nitrogens is 2. The molecule has 0 atom stereocenters. The third-order valence-electron chi connectivity index (χ3n) is 3.00. The lowest BCUT2D eigenvalue weighted by atomic mass is 10.2. The average Bonchev–Trinajstić information content (AvgIpc) is 2.92. The molecule has 1 aromatic heterocycles. The Bertz CT molecular complexity index is 537. The van der Waals surface area contributed by atoms with E-state index in [-0.39, 0.29) is 6.42 Å². The van der Waals surface area contributed by atoms with Gasteiger partial charge in [0.25, 0.3) is 0 Å². The number of rotatable bonds is 8. The van der Waals surface area contributed by atoms with Crippen LogP contribution in [0.1, 0.15) is 25.7 Å². The number of benzene rings is 1. The van der Waals surface area contributed by atoms with Crippen molar-refractivity contribution in [3.05, 3.63) is 42.7 Å². The zero-order chi connectivity index (χ0) is 14.2. The van der Waals surface area contributed by atoms with E-state index in [4.69, 9.17) is 5.11 Å². The molecular weight excluding hydrogens is 254 g/mol. The Labute approximate surface area is 118 Å². The van der Waals surface area contributed by atoms with E-state index in [9.17, 15) is 4.79 Å². The molecule has 2 aromatic rings. The van der Waals surface area contributed by atoms with Gasteiger partial charge in [0.05, 0.1) is 23.8 Å². The molecule has 0 aliphatic heterocycles. The highest BCUT2D eigenvalue weighted by Gasteiger charge is 2.00. The predicted octanol–water partition coefficient (Wildman–Crippen LogP) is 2.93. The molecule has 106 valence electrons. The Kier molecular flexibility index (Phi) is 5.17. The molecule has 2 N–H and O–H groups in total. The van der Waals surface area contributed by atoms with Crippen molar-refractivity contribution in [1.29, 1.82) is 0 Å². The number of nitrogens with zero attached hydrogens (tertiary/aromatic N) is 2. The number of carbonyl (C=O) groups is 1. The van der Waals surface area contributed by atoms with Gasteiger partial charge < -0.3 is 10.4 Å². The van der Waals surface area contributed by atoms with Crippen LogP contribution in [0.15, 0.2) is 42.7 Å². The van der Waals surface area contributed by atoms with E-state index < -0.39 is 5.97 Å². The van der Waals surface area contributed by atoms with Gasteiger partial charge in [-0.15, -0.1) is 0 Å². The van der Waals surface area contributed by atoms with Gasteiger partial charge >= 0.3 is 5.97 Å². The zero-order valence-corrected chi connectivity index (χ0v) is 11.3. The van der Waals surface area contributed by atoms with Crippen LogP contribution in [0.5, 0.6) is 0 Å². The smallest absolute Gasteiger partial charge is 0.303 e. The number of aliphatic carboxylic acids is 1. The summed E-state index contributed by atoms with van der Waals surface area (Å²) in [7, 11) is 0. The van der Waals surface area contributed by atoms with E-state index in [1.807, 2.05) is 41.2 Å². The summed E-state index contributed by atoms with van der Waals surface area (Å²) in [6, 6.07) is 9.94. The first-order valence-electron chi connectivity index (χ1n) is 6.81. The summed E-state index contributed by atoms with van der Waals surface area (Å²) in [5.74, 6) is -0.720. The summed E-state index contributed by atoms with van der Waals surface area (Å²) in [5, 5.41) is 16.1. The maximum atomic E-state index is 10.4. The normalized spacial score (nSPS) is 10.4. The van der Waals surface area contributed by atoms with Gasteiger partial charge in [0.1, 0.15) is 0 Å². The molecule has 0 unspecified atom stereocenters. The molecule has 1 aromatic carbocycles. The minimum absolute atomic E-state index is 0.256. The molecule has 0 amide bonds. The van der Waals surface area contributed by atoms with Crippen LogP contribution in [-0.4, -0.2) is 27.4 Å². The van der Waals surface area contributed by atoms with E-state index in [0.717, 1.165) is 37.2 Å². The first-order valence-corrected chi connectivity index (χ1v) is 6.81. The molecule has 0 aliphatic carbocycles. The molecule has 0 bridgehead atoms. The van der Waals surface area contributed by atoms with Gasteiger partial charge in [0, 0.05) is 13.0 Å². The van der Waals surface area contributed by atoms with Crippen LogP contribution in [-0.2, 0) is 4.79 Å². The van der Waals surface area contributed by atoms with Crippen molar-refractivity contribution in [2.45, 2.75) is 25.7 Å². The predicted molar refractivity (Wildman–Crippen MR) is 78.2 cm³/mol. The van der Waals surface area contributed by atoms with E-state index >= 15 is 0 Å². The van der Waals surface area contributed by atoms with Gasteiger partial charge in [-0.2, -0.15) is 5.10 Å². The quantitative estimate of drug-likeness (QED) is 0.726. The minimum atomic E-state index is -0.720. The maximum Gasteiger partial charge on any atom is 0.303 e. The van der Waals surface area contributed by atoms with Crippen LogP contribution in [0.3, 0.4) is 0 Å². The lowest BCUT2D eigenvalue weighted by Gasteiger charge is -2.03. The van der Waals surface area contributed by atoms with E-state index in [1.165, 1.54) is 0 Å². The van der Waals surface area contributed by atoms with Crippen molar-refractivity contribution in [2.75, 3.05) is 11.9 Å². The third kappa shape index (κ3) is 4.42. The number of hydrogen-bond donors (Lipinski definition) is 2. The number of carboxylic acid groups (broad SMARTS) is 1. The molecule has 20 heavy (non-hydrogen) atoms. The highest BCUT2D eigenvalue weighted by Crippen LogP contribution is 2.11. The van der Waals surface area contributed by atoms with E-state index in [2.05, 4.69) is 10.4 Å². The molecule has 0 radical (unpaired) electrons. The molecule has 0 spiro atoms. The van der Waals surface area contributed by atoms with Crippen molar-refractivity contribution < 1.29 is 9.90 Å². The second-order valence-electron chi connectivity index (χ2n) is 4.64. The van der Waals surface area contributed by atoms with Crippen LogP contribution in [0.4, 0.5) is 5.69 Å². The van der Waals surface area contributed by atoms with Crippen LogP contribution >= 0.6 is 0 Å². The average molecular weight is 273 g/mol.